The van der Waals surface area contributed by atoms with E-state index >= 15 is 0 Å². The number of likely N-dealkylation sites (tertiary alicyclic amines) is 1. The van der Waals surface area contributed by atoms with Crippen molar-refractivity contribution in [3.8, 4) is 0 Å². The van der Waals surface area contributed by atoms with Crippen LogP contribution < -0.4 is 0 Å². The Morgan fingerprint density at radius 3 is 2.07 bits per heavy atom. The first kappa shape index (κ1) is 22.7. The van der Waals surface area contributed by atoms with Crippen LogP contribution in [0.5, 0.6) is 0 Å². The number of carboxylic acid groups (broad SMARTS) is 1. The first-order valence-electron chi connectivity index (χ1n) is 10.3. The molecule has 1 aliphatic carbocycles. The molecule has 3 rings (SSSR count). The van der Waals surface area contributed by atoms with Crippen LogP contribution in [0.1, 0.15) is 60.3 Å². The summed E-state index contributed by atoms with van der Waals surface area (Å²) in [6.07, 6.45) is -4.45. The molecule has 2 heterocycles. The average Bonchev–Trinajstić information content (AvgIpc) is 3.26. The lowest BCUT2D eigenvalue weighted by atomic mass is 9.73. The van der Waals surface area contributed by atoms with E-state index in [2.05, 4.69) is 0 Å². The molecule has 30 heavy (non-hydrogen) atoms. The van der Waals surface area contributed by atoms with E-state index in [1.54, 1.807) is 6.92 Å². The fourth-order valence-electron chi connectivity index (χ4n) is 4.95. The van der Waals surface area contributed by atoms with Gasteiger partial charge in [0.2, 0.25) is 5.91 Å². The van der Waals surface area contributed by atoms with Gasteiger partial charge in [0.15, 0.2) is 0 Å². The maximum atomic E-state index is 13.4. The van der Waals surface area contributed by atoms with E-state index in [4.69, 9.17) is 0 Å². The number of piperazine rings is 1. The molecule has 1 N–H and O–H groups in total. The molecule has 7 nitrogen and oxygen atoms in total. The van der Waals surface area contributed by atoms with Crippen LogP contribution >= 0.6 is 0 Å². The van der Waals surface area contributed by atoms with Crippen LogP contribution in [0, 0.1) is 5.41 Å². The van der Waals surface area contributed by atoms with E-state index in [0.717, 1.165) is 4.90 Å². The molecule has 1 spiro atoms. The molecule has 0 unspecified atom stereocenters. The molecule has 10 heteroatoms. The number of alkyl halides is 3. The molecule has 3 atom stereocenters. The Balaban J connectivity index is 1.85. The van der Waals surface area contributed by atoms with Crippen LogP contribution in [0.15, 0.2) is 0 Å². The predicted octanol–water partition coefficient (Wildman–Crippen LogP) is 3.09. The molecule has 0 aromatic heterocycles. The topological polar surface area (TPSA) is 81.2 Å². The second-order valence-electron chi connectivity index (χ2n) is 10.2. The third kappa shape index (κ3) is 3.41. The molecule has 3 fully saturated rings. The summed E-state index contributed by atoms with van der Waals surface area (Å²) in [4.78, 5) is 41.0. The monoisotopic (exact) mass is 433 g/mol. The van der Waals surface area contributed by atoms with Crippen molar-refractivity contribution >= 4 is 17.9 Å². The molecule has 0 aromatic carbocycles. The molecule has 1 saturated carbocycles. The number of carbonyl (C=O) groups is 3. The third-order valence-corrected chi connectivity index (χ3v) is 7.47. The van der Waals surface area contributed by atoms with Crippen LogP contribution in [0.4, 0.5) is 18.0 Å². The maximum absolute atomic E-state index is 13.4. The Morgan fingerprint density at radius 1 is 1.07 bits per heavy atom. The van der Waals surface area contributed by atoms with Crippen molar-refractivity contribution < 1.29 is 32.7 Å². The van der Waals surface area contributed by atoms with Crippen LogP contribution in [-0.4, -0.2) is 80.1 Å². The van der Waals surface area contributed by atoms with Crippen LogP contribution in [0.3, 0.4) is 0 Å². The number of carbonyl (C=O) groups excluding carboxylic acids is 2. The lowest BCUT2D eigenvalue weighted by Crippen LogP contribution is -2.66. The first-order valence-corrected chi connectivity index (χ1v) is 10.3. The quantitative estimate of drug-likeness (QED) is 0.689. The highest BCUT2D eigenvalue weighted by molar-refractivity contribution is 5.88. The molecule has 3 aliphatic rings. The Labute approximate surface area is 174 Å². The first-order chi connectivity index (χ1) is 13.5. The van der Waals surface area contributed by atoms with Crippen molar-refractivity contribution in [2.45, 2.75) is 89.6 Å². The van der Waals surface area contributed by atoms with Crippen molar-refractivity contribution in [3.63, 3.8) is 0 Å². The SMILES string of the molecule is C[C@H]1CN(C(=O)C(F)(F)F)C2(CC2)CN1C(=O)[C@@H]1CC[C@@](C)(C(C)(C)C)N1C(=O)O. The summed E-state index contributed by atoms with van der Waals surface area (Å²) in [5.41, 5.74) is -2.13. The number of nitrogens with zero attached hydrogens (tertiary/aromatic N) is 3. The molecule has 2 aliphatic heterocycles. The van der Waals surface area contributed by atoms with Crippen molar-refractivity contribution in [2.75, 3.05) is 13.1 Å². The zero-order valence-corrected chi connectivity index (χ0v) is 18.0. The van der Waals surface area contributed by atoms with Gasteiger partial charge in [-0.15, -0.1) is 0 Å². The van der Waals surface area contributed by atoms with Crippen molar-refractivity contribution in [3.05, 3.63) is 0 Å². The Morgan fingerprint density at radius 2 is 1.63 bits per heavy atom. The normalized spacial score (nSPS) is 31.3. The lowest BCUT2D eigenvalue weighted by Gasteiger charge is -2.49. The largest absolute Gasteiger partial charge is 0.471 e. The standard InChI is InChI=1S/C20H30F3N3O4/c1-12-10-25(15(28)20(21,22)23)19(8-9-19)11-24(12)14(27)13-6-7-18(5,17(2,3)4)26(13)16(29)30/h12-13H,6-11H2,1-5H3,(H,29,30)/t12-,13-,18-/m0/s1. The molecule has 0 aromatic rings. The minimum atomic E-state index is -4.96. The summed E-state index contributed by atoms with van der Waals surface area (Å²) in [6, 6.07) is -1.51. The molecule has 2 saturated heterocycles. The molecular weight excluding hydrogens is 403 g/mol. The summed E-state index contributed by atoms with van der Waals surface area (Å²) in [5.74, 6) is -2.25. The zero-order chi connectivity index (χ0) is 22.9. The predicted molar refractivity (Wildman–Crippen MR) is 102 cm³/mol. The summed E-state index contributed by atoms with van der Waals surface area (Å²) < 4.78 is 39.1. The number of rotatable bonds is 1. The van der Waals surface area contributed by atoms with Crippen LogP contribution in [-0.2, 0) is 9.59 Å². The smallest absolute Gasteiger partial charge is 0.465 e. The Hall–Kier alpha value is -2.00. The van der Waals surface area contributed by atoms with Gasteiger partial charge < -0.3 is 14.9 Å². The van der Waals surface area contributed by atoms with Gasteiger partial charge in [0, 0.05) is 24.7 Å². The van der Waals surface area contributed by atoms with Gasteiger partial charge in [-0.05, 0) is 44.9 Å². The van der Waals surface area contributed by atoms with E-state index in [0.29, 0.717) is 25.7 Å². The van der Waals surface area contributed by atoms with Gasteiger partial charge in [-0.3, -0.25) is 14.5 Å². The summed E-state index contributed by atoms with van der Waals surface area (Å²) in [5, 5.41) is 9.89. The fraction of sp³-hybridized carbons (Fsp3) is 0.850. The maximum Gasteiger partial charge on any atom is 0.471 e. The summed E-state index contributed by atoms with van der Waals surface area (Å²) in [7, 11) is 0. The van der Waals surface area contributed by atoms with Gasteiger partial charge in [0.1, 0.15) is 6.04 Å². The molecular formula is C20H30F3N3O4. The molecule has 170 valence electrons. The number of amides is 3. The summed E-state index contributed by atoms with van der Waals surface area (Å²) >= 11 is 0. The highest BCUT2D eigenvalue weighted by Gasteiger charge is 2.61. The van der Waals surface area contributed by atoms with Gasteiger partial charge in [0.25, 0.3) is 0 Å². The van der Waals surface area contributed by atoms with E-state index in [-0.39, 0.29) is 19.0 Å². The minimum Gasteiger partial charge on any atom is -0.465 e. The van der Waals surface area contributed by atoms with Crippen molar-refractivity contribution in [1.82, 2.24) is 14.7 Å². The van der Waals surface area contributed by atoms with Crippen molar-refractivity contribution in [2.24, 2.45) is 5.41 Å². The van der Waals surface area contributed by atoms with E-state index < -0.39 is 46.8 Å². The van der Waals surface area contributed by atoms with E-state index in [1.807, 2.05) is 27.7 Å². The van der Waals surface area contributed by atoms with Gasteiger partial charge >= 0.3 is 18.2 Å². The zero-order valence-electron chi connectivity index (χ0n) is 18.0. The van der Waals surface area contributed by atoms with Gasteiger partial charge in [-0.2, -0.15) is 13.2 Å². The van der Waals surface area contributed by atoms with E-state index in [9.17, 15) is 32.7 Å². The van der Waals surface area contributed by atoms with Gasteiger partial charge in [0.05, 0.1) is 5.54 Å². The summed E-state index contributed by atoms with van der Waals surface area (Å²) in [6.45, 7) is 9.02. The second-order valence-corrected chi connectivity index (χ2v) is 10.2. The highest BCUT2D eigenvalue weighted by Crippen LogP contribution is 2.49. The lowest BCUT2D eigenvalue weighted by molar-refractivity contribution is -0.193. The minimum absolute atomic E-state index is 0.00497. The van der Waals surface area contributed by atoms with Gasteiger partial charge in [-0.25, -0.2) is 4.79 Å². The van der Waals surface area contributed by atoms with Crippen molar-refractivity contribution in [1.29, 1.82) is 0 Å². The number of hydrogen-bond donors (Lipinski definition) is 1. The van der Waals surface area contributed by atoms with Crippen LogP contribution in [0.2, 0.25) is 0 Å². The third-order valence-electron chi connectivity index (χ3n) is 7.47. The average molecular weight is 433 g/mol. The second kappa shape index (κ2) is 6.75. The number of halogens is 3. The number of hydrogen-bond acceptors (Lipinski definition) is 3. The van der Waals surface area contributed by atoms with E-state index in [1.165, 1.54) is 9.80 Å². The molecule has 3 amide bonds. The Bertz CT molecular complexity index is 759. The molecule has 0 bridgehead atoms. The van der Waals surface area contributed by atoms with Gasteiger partial charge in [-0.1, -0.05) is 20.8 Å². The fourth-order valence-corrected chi connectivity index (χ4v) is 4.95. The van der Waals surface area contributed by atoms with Crippen LogP contribution in [0.25, 0.3) is 0 Å². The molecule has 0 radical (unpaired) electrons. The highest BCUT2D eigenvalue weighted by atomic mass is 19.4. The Kier molecular flexibility index (Phi) is 5.10.